The molecule has 1 atom stereocenters. The van der Waals surface area contributed by atoms with E-state index in [0.717, 1.165) is 0 Å². The first-order valence-electron chi connectivity index (χ1n) is 6.39. The van der Waals surface area contributed by atoms with Crippen LogP contribution in [-0.2, 0) is 4.79 Å². The van der Waals surface area contributed by atoms with Crippen LogP contribution in [0.15, 0.2) is 0 Å². The zero-order valence-electron chi connectivity index (χ0n) is 10.6. The minimum atomic E-state index is -4.12. The van der Waals surface area contributed by atoms with Crippen molar-refractivity contribution in [3.63, 3.8) is 0 Å². The summed E-state index contributed by atoms with van der Waals surface area (Å²) in [6.45, 7) is 2.90. The van der Waals surface area contributed by atoms with Gasteiger partial charge in [0.2, 0.25) is 5.91 Å². The summed E-state index contributed by atoms with van der Waals surface area (Å²) in [5, 5.41) is 2.76. The molecule has 1 unspecified atom stereocenters. The number of carbonyl (C=O) groups is 1. The molecule has 0 bridgehead atoms. The van der Waals surface area contributed by atoms with E-state index in [4.69, 9.17) is 5.73 Å². The normalized spacial score (nSPS) is 26.7. The Hall–Kier alpha value is -0.780. The Labute approximate surface area is 105 Å². The summed E-state index contributed by atoms with van der Waals surface area (Å²) < 4.78 is 37.4. The molecular weight excluding hydrogens is 245 g/mol. The third-order valence-corrected chi connectivity index (χ3v) is 3.59. The van der Waals surface area contributed by atoms with Crippen molar-refractivity contribution in [2.24, 2.45) is 23.5 Å². The lowest BCUT2D eigenvalue weighted by Gasteiger charge is -2.29. The molecule has 1 amide bonds. The van der Waals surface area contributed by atoms with Crippen molar-refractivity contribution >= 4 is 5.91 Å². The molecule has 1 rings (SSSR count). The second-order valence-electron chi connectivity index (χ2n) is 5.18. The number of halogens is 3. The van der Waals surface area contributed by atoms with Gasteiger partial charge in [0.25, 0.3) is 0 Å². The maximum atomic E-state index is 12.5. The summed E-state index contributed by atoms with van der Waals surface area (Å²) in [6.07, 6.45) is -3.34. The van der Waals surface area contributed by atoms with Gasteiger partial charge in [-0.25, -0.2) is 0 Å². The van der Waals surface area contributed by atoms with Crippen molar-refractivity contribution in [3.8, 4) is 0 Å². The van der Waals surface area contributed by atoms with E-state index in [1.165, 1.54) is 0 Å². The molecule has 106 valence electrons. The topological polar surface area (TPSA) is 55.1 Å². The molecular formula is C12H21F3N2O. The molecule has 6 heteroatoms. The highest BCUT2D eigenvalue weighted by Crippen LogP contribution is 2.39. The number of nitrogens with two attached hydrogens (primary N) is 1. The highest BCUT2D eigenvalue weighted by atomic mass is 19.4. The Morgan fingerprint density at radius 3 is 2.33 bits per heavy atom. The Kier molecular flexibility index (Phi) is 5.44. The summed E-state index contributed by atoms with van der Waals surface area (Å²) in [5.41, 5.74) is 5.43. The molecule has 3 nitrogen and oxygen atoms in total. The summed E-state index contributed by atoms with van der Waals surface area (Å²) in [7, 11) is 0. The fourth-order valence-corrected chi connectivity index (χ4v) is 2.19. The molecule has 0 aromatic rings. The van der Waals surface area contributed by atoms with Gasteiger partial charge >= 0.3 is 6.18 Å². The van der Waals surface area contributed by atoms with Crippen LogP contribution >= 0.6 is 0 Å². The second kappa shape index (κ2) is 6.41. The maximum Gasteiger partial charge on any atom is 0.391 e. The van der Waals surface area contributed by atoms with E-state index in [1.807, 2.05) is 6.92 Å². The lowest BCUT2D eigenvalue weighted by atomic mass is 9.81. The van der Waals surface area contributed by atoms with Crippen molar-refractivity contribution in [1.29, 1.82) is 0 Å². The van der Waals surface area contributed by atoms with Crippen LogP contribution < -0.4 is 11.1 Å². The van der Waals surface area contributed by atoms with Crippen LogP contribution in [-0.4, -0.2) is 25.2 Å². The molecule has 0 aliphatic heterocycles. The smallest absolute Gasteiger partial charge is 0.356 e. The Morgan fingerprint density at radius 2 is 1.89 bits per heavy atom. The highest BCUT2D eigenvalue weighted by molar-refractivity contribution is 5.78. The largest absolute Gasteiger partial charge is 0.391 e. The molecule has 1 fully saturated rings. The quantitative estimate of drug-likeness (QED) is 0.818. The van der Waals surface area contributed by atoms with Gasteiger partial charge in [-0.1, -0.05) is 6.92 Å². The van der Waals surface area contributed by atoms with E-state index >= 15 is 0 Å². The Balaban J connectivity index is 2.32. The Bertz CT molecular complexity index is 273. The molecule has 1 saturated carbocycles. The van der Waals surface area contributed by atoms with Crippen molar-refractivity contribution in [2.75, 3.05) is 13.1 Å². The van der Waals surface area contributed by atoms with Gasteiger partial charge in [0.1, 0.15) is 0 Å². The number of rotatable bonds is 4. The van der Waals surface area contributed by atoms with Gasteiger partial charge in [0, 0.05) is 12.5 Å². The molecule has 18 heavy (non-hydrogen) atoms. The van der Waals surface area contributed by atoms with E-state index in [9.17, 15) is 18.0 Å². The third kappa shape index (κ3) is 4.48. The molecule has 0 spiro atoms. The predicted octanol–water partition coefficient (Wildman–Crippen LogP) is 2.07. The van der Waals surface area contributed by atoms with E-state index in [0.29, 0.717) is 25.9 Å². The fourth-order valence-electron chi connectivity index (χ4n) is 2.19. The molecule has 0 heterocycles. The molecule has 1 aliphatic carbocycles. The molecule has 1 aliphatic rings. The summed E-state index contributed by atoms with van der Waals surface area (Å²) in [6, 6.07) is 0. The van der Waals surface area contributed by atoms with Gasteiger partial charge < -0.3 is 11.1 Å². The van der Waals surface area contributed by atoms with Gasteiger partial charge in [-0.3, -0.25) is 4.79 Å². The third-order valence-electron chi connectivity index (χ3n) is 3.59. The first-order valence-corrected chi connectivity index (χ1v) is 6.39. The molecule has 0 aromatic carbocycles. The fraction of sp³-hybridized carbons (Fsp3) is 0.917. The first-order chi connectivity index (χ1) is 8.34. The Morgan fingerprint density at radius 1 is 1.33 bits per heavy atom. The van der Waals surface area contributed by atoms with Crippen LogP contribution in [0.4, 0.5) is 13.2 Å². The van der Waals surface area contributed by atoms with E-state index in [2.05, 4.69) is 5.32 Å². The second-order valence-corrected chi connectivity index (χ2v) is 5.18. The zero-order valence-corrected chi connectivity index (χ0v) is 10.6. The van der Waals surface area contributed by atoms with Crippen molar-refractivity contribution in [2.45, 2.75) is 38.8 Å². The van der Waals surface area contributed by atoms with Crippen LogP contribution in [0.3, 0.4) is 0 Å². The van der Waals surface area contributed by atoms with Crippen molar-refractivity contribution in [3.05, 3.63) is 0 Å². The standard InChI is InChI=1S/C12H21F3N2O/c1-8(6-16)7-17-11(18)9-2-4-10(5-3-9)12(13,14)15/h8-10H,2-7,16H2,1H3,(H,17,18). The summed E-state index contributed by atoms with van der Waals surface area (Å²) >= 11 is 0. The minimum absolute atomic E-state index is 0.0635. The minimum Gasteiger partial charge on any atom is -0.356 e. The summed E-state index contributed by atoms with van der Waals surface area (Å²) in [5.74, 6) is -1.44. The highest BCUT2D eigenvalue weighted by Gasteiger charge is 2.42. The van der Waals surface area contributed by atoms with Gasteiger partial charge in [-0.05, 0) is 38.1 Å². The molecule has 0 aromatic heterocycles. The number of nitrogens with one attached hydrogen (secondary N) is 1. The number of hydrogen-bond donors (Lipinski definition) is 2. The maximum absolute atomic E-state index is 12.5. The average Bonchev–Trinajstić information content (AvgIpc) is 2.34. The van der Waals surface area contributed by atoms with E-state index in [-0.39, 0.29) is 30.6 Å². The number of hydrogen-bond acceptors (Lipinski definition) is 2. The van der Waals surface area contributed by atoms with Crippen molar-refractivity contribution < 1.29 is 18.0 Å². The lowest BCUT2D eigenvalue weighted by Crippen LogP contribution is -2.38. The van der Waals surface area contributed by atoms with Gasteiger partial charge in [0.05, 0.1) is 5.92 Å². The van der Waals surface area contributed by atoms with Crippen LogP contribution in [0.2, 0.25) is 0 Å². The van der Waals surface area contributed by atoms with E-state index < -0.39 is 12.1 Å². The molecule has 0 radical (unpaired) electrons. The van der Waals surface area contributed by atoms with Gasteiger partial charge in [0.15, 0.2) is 0 Å². The number of alkyl halides is 3. The van der Waals surface area contributed by atoms with E-state index in [1.54, 1.807) is 0 Å². The first kappa shape index (κ1) is 15.3. The monoisotopic (exact) mass is 266 g/mol. The zero-order chi connectivity index (χ0) is 13.8. The predicted molar refractivity (Wildman–Crippen MR) is 62.7 cm³/mol. The van der Waals surface area contributed by atoms with Gasteiger partial charge in [-0.15, -0.1) is 0 Å². The van der Waals surface area contributed by atoms with Crippen LogP contribution in [0.1, 0.15) is 32.6 Å². The molecule has 0 saturated heterocycles. The lowest BCUT2D eigenvalue weighted by molar-refractivity contribution is -0.184. The number of carbonyl (C=O) groups excluding carboxylic acids is 1. The number of amides is 1. The van der Waals surface area contributed by atoms with Crippen LogP contribution in [0, 0.1) is 17.8 Å². The van der Waals surface area contributed by atoms with Gasteiger partial charge in [-0.2, -0.15) is 13.2 Å². The average molecular weight is 266 g/mol. The SMILES string of the molecule is CC(CN)CNC(=O)C1CCC(C(F)(F)F)CC1. The summed E-state index contributed by atoms with van der Waals surface area (Å²) in [4.78, 5) is 11.7. The molecule has 3 N–H and O–H groups in total. The van der Waals surface area contributed by atoms with Crippen LogP contribution in [0.25, 0.3) is 0 Å². The van der Waals surface area contributed by atoms with Crippen molar-refractivity contribution in [1.82, 2.24) is 5.32 Å². The van der Waals surface area contributed by atoms with Crippen LogP contribution in [0.5, 0.6) is 0 Å².